The Labute approximate surface area is 281 Å². The van der Waals surface area contributed by atoms with E-state index in [1.807, 2.05) is 0 Å². The first kappa shape index (κ1) is 38.9. The summed E-state index contributed by atoms with van der Waals surface area (Å²) in [6, 6.07) is 12.0. The summed E-state index contributed by atoms with van der Waals surface area (Å²) >= 11 is 0. The van der Waals surface area contributed by atoms with Crippen LogP contribution in [0.4, 0.5) is 26.3 Å². The van der Waals surface area contributed by atoms with E-state index in [1.54, 1.807) is 24.3 Å². The molecule has 1 fully saturated rings. The molecule has 1 aliphatic carbocycles. The Morgan fingerprint density at radius 1 is 0.600 bits per heavy atom. The summed E-state index contributed by atoms with van der Waals surface area (Å²) in [6.45, 7) is 3.74. The molecular formula is C34H30F6O10. The van der Waals surface area contributed by atoms with Crippen molar-refractivity contribution in [1.29, 1.82) is 0 Å². The van der Waals surface area contributed by atoms with E-state index in [0.717, 1.165) is 0 Å². The fourth-order valence-electron chi connectivity index (χ4n) is 4.06. The molecule has 0 spiro atoms. The highest BCUT2D eigenvalue weighted by molar-refractivity contribution is 5.90. The minimum Gasteiger partial charge on any atom is -0.459 e. The molecule has 0 unspecified atom stereocenters. The first-order chi connectivity index (χ1) is 23.5. The number of hydrogen-bond donors (Lipinski definition) is 0. The van der Waals surface area contributed by atoms with Gasteiger partial charge in [-0.3, -0.25) is 0 Å². The third-order valence-corrected chi connectivity index (χ3v) is 6.78. The summed E-state index contributed by atoms with van der Waals surface area (Å²) in [5.74, 6) is -4.08. The molecule has 1 aliphatic rings. The molecule has 16 heteroatoms. The molecular weight excluding hydrogens is 682 g/mol. The average Bonchev–Trinajstić information content (AvgIpc) is 3.06. The highest BCUT2D eigenvalue weighted by atomic mass is 19.4. The van der Waals surface area contributed by atoms with Gasteiger partial charge in [0.1, 0.15) is 34.9 Å². The normalized spacial score (nSPS) is 16.4. The van der Waals surface area contributed by atoms with Crippen LogP contribution in [0, 0.1) is 0 Å². The Kier molecular flexibility index (Phi) is 13.8. The fourth-order valence-corrected chi connectivity index (χ4v) is 4.06. The van der Waals surface area contributed by atoms with Crippen LogP contribution in [-0.2, 0) is 38.1 Å². The van der Waals surface area contributed by atoms with Gasteiger partial charge in [-0.05, 0) is 73.2 Å². The molecule has 0 atom stereocenters. The molecule has 0 radical (unpaired) electrons. The van der Waals surface area contributed by atoms with Crippen molar-refractivity contribution in [2.45, 2.75) is 50.2 Å². The van der Waals surface area contributed by atoms with E-state index >= 15 is 0 Å². The van der Waals surface area contributed by atoms with Crippen LogP contribution in [0.25, 0.3) is 12.2 Å². The highest BCUT2D eigenvalue weighted by Gasteiger charge is 2.38. The molecule has 1 saturated carbocycles. The van der Waals surface area contributed by atoms with Crippen molar-refractivity contribution in [3.8, 4) is 11.5 Å². The maximum atomic E-state index is 12.4. The third-order valence-electron chi connectivity index (χ3n) is 6.78. The monoisotopic (exact) mass is 712 g/mol. The van der Waals surface area contributed by atoms with Gasteiger partial charge in [-0.15, -0.1) is 0 Å². The van der Waals surface area contributed by atoms with Crippen LogP contribution in [0.5, 0.6) is 11.5 Å². The third kappa shape index (κ3) is 13.2. The van der Waals surface area contributed by atoms with Crippen LogP contribution in [0.2, 0.25) is 0 Å². The van der Waals surface area contributed by atoms with Crippen molar-refractivity contribution in [2.24, 2.45) is 0 Å². The summed E-state index contributed by atoms with van der Waals surface area (Å²) in [7, 11) is 0. The van der Waals surface area contributed by atoms with Crippen molar-refractivity contribution in [2.75, 3.05) is 13.6 Å². The summed E-state index contributed by atoms with van der Waals surface area (Å²) in [5, 5.41) is 0. The number of rotatable bonds is 14. The topological polar surface area (TPSA) is 124 Å². The Bertz CT molecular complexity index is 1460. The molecule has 10 nitrogen and oxygen atoms in total. The fraction of sp³-hybridized carbons (Fsp3) is 0.294. The predicted octanol–water partition coefficient (Wildman–Crippen LogP) is 6.81. The Hall–Kier alpha value is -5.54. The van der Waals surface area contributed by atoms with Crippen LogP contribution in [0.15, 0.2) is 85.0 Å². The Morgan fingerprint density at radius 2 is 0.920 bits per heavy atom. The smallest absolute Gasteiger partial charge is 0.422 e. The van der Waals surface area contributed by atoms with Crippen molar-refractivity contribution in [3.05, 3.63) is 96.1 Å². The summed E-state index contributed by atoms with van der Waals surface area (Å²) in [6.07, 6.45) is -3.29. The van der Waals surface area contributed by atoms with Crippen molar-refractivity contribution < 1.29 is 73.9 Å². The second-order valence-electron chi connectivity index (χ2n) is 10.4. The highest BCUT2D eigenvalue weighted by Crippen LogP contribution is 2.27. The van der Waals surface area contributed by atoms with E-state index in [2.05, 4.69) is 22.6 Å². The zero-order valence-corrected chi connectivity index (χ0v) is 26.1. The van der Waals surface area contributed by atoms with E-state index in [1.165, 1.54) is 48.6 Å². The van der Waals surface area contributed by atoms with E-state index in [0.29, 0.717) is 36.8 Å². The van der Waals surface area contributed by atoms with Gasteiger partial charge in [-0.25, -0.2) is 19.2 Å². The molecule has 0 amide bonds. The summed E-state index contributed by atoms with van der Waals surface area (Å²) in [5.41, 5.74) is -2.14. The predicted molar refractivity (Wildman–Crippen MR) is 163 cm³/mol. The summed E-state index contributed by atoms with van der Waals surface area (Å²) in [4.78, 5) is 47.2. The lowest BCUT2D eigenvalue weighted by Crippen LogP contribution is -2.29. The lowest BCUT2D eigenvalue weighted by atomic mass is 9.95. The maximum Gasteiger partial charge on any atom is 0.422 e. The van der Waals surface area contributed by atoms with Crippen molar-refractivity contribution in [1.82, 2.24) is 0 Å². The molecule has 0 aliphatic heterocycles. The van der Waals surface area contributed by atoms with Crippen LogP contribution in [0.3, 0.4) is 0 Å². The first-order valence-electron chi connectivity index (χ1n) is 14.6. The molecule has 0 aromatic heterocycles. The minimum absolute atomic E-state index is 0.201. The van der Waals surface area contributed by atoms with Gasteiger partial charge in [0.2, 0.25) is 13.6 Å². The number of carbonyl (C=O) groups is 4. The lowest BCUT2D eigenvalue weighted by molar-refractivity contribution is -0.157. The molecule has 2 aromatic carbocycles. The standard InChI is InChI=1S/C34H30F6O10/c1-21(33(35,36)37)31(43)47-19-45-25-9-3-23(4-10-25)7-17-29(41)49-27-13-15-28(16-14-27)50-30(42)18-8-24-5-11-26(12-6-24)46-20-48-32(44)22(2)34(38,39)40/h3-12,17-18,27-28H,1-2,13-16,19-20H2/b17-7-,18-8+. The number of halogens is 6. The first-order valence-corrected chi connectivity index (χ1v) is 14.6. The largest absolute Gasteiger partial charge is 0.459 e. The maximum absolute atomic E-state index is 12.4. The van der Waals surface area contributed by atoms with Crippen molar-refractivity contribution in [3.63, 3.8) is 0 Å². The molecule has 2 aromatic rings. The molecule has 50 heavy (non-hydrogen) atoms. The van der Waals surface area contributed by atoms with Gasteiger partial charge >= 0.3 is 36.2 Å². The van der Waals surface area contributed by atoms with Crippen molar-refractivity contribution >= 4 is 36.0 Å². The number of ether oxygens (including phenoxy) is 6. The molecule has 0 saturated heterocycles. The van der Waals surface area contributed by atoms with Gasteiger partial charge in [0.05, 0.1) is 0 Å². The van der Waals surface area contributed by atoms with Gasteiger partial charge in [0.15, 0.2) is 0 Å². The van der Waals surface area contributed by atoms with Gasteiger partial charge in [-0.2, -0.15) is 26.3 Å². The zero-order valence-electron chi connectivity index (χ0n) is 26.1. The SMILES string of the molecule is C=C(C(=O)OCOc1ccc(/C=C\C(=O)OC2CCC(OC(=O)/C=C/c3ccc(OCOC(=O)C(=C)C(F)(F)F)cc3)CC2)cc1)C(F)(F)F. The zero-order chi connectivity index (χ0) is 36.9. The van der Waals surface area contributed by atoms with Gasteiger partial charge in [0, 0.05) is 12.2 Å². The Morgan fingerprint density at radius 3 is 1.22 bits per heavy atom. The minimum atomic E-state index is -4.91. The van der Waals surface area contributed by atoms with Crippen LogP contribution in [-0.4, -0.2) is 62.0 Å². The molecule has 268 valence electrons. The number of alkyl halides is 6. The molecule has 0 bridgehead atoms. The Balaban J connectivity index is 1.32. The molecule has 3 rings (SSSR count). The van der Waals surface area contributed by atoms with E-state index in [4.69, 9.17) is 18.9 Å². The molecule has 0 heterocycles. The quantitative estimate of drug-likeness (QED) is 0.0679. The second kappa shape index (κ2) is 17.7. The lowest BCUT2D eigenvalue weighted by Gasteiger charge is -2.27. The molecule has 0 N–H and O–H groups in total. The van der Waals surface area contributed by atoms with Crippen LogP contribution in [0.1, 0.15) is 36.8 Å². The number of hydrogen-bond acceptors (Lipinski definition) is 10. The van der Waals surface area contributed by atoms with Crippen LogP contribution < -0.4 is 9.47 Å². The van der Waals surface area contributed by atoms with E-state index < -0.39 is 61.0 Å². The van der Waals surface area contributed by atoms with Gasteiger partial charge < -0.3 is 28.4 Å². The second-order valence-corrected chi connectivity index (χ2v) is 10.4. The number of benzene rings is 2. The summed E-state index contributed by atoms with van der Waals surface area (Å²) < 4.78 is 104. The number of esters is 4. The average molecular weight is 713 g/mol. The number of carbonyl (C=O) groups excluding carboxylic acids is 4. The van der Waals surface area contributed by atoms with Gasteiger partial charge in [-0.1, -0.05) is 37.4 Å². The van der Waals surface area contributed by atoms with Gasteiger partial charge in [0.25, 0.3) is 0 Å². The van der Waals surface area contributed by atoms with E-state index in [9.17, 15) is 45.5 Å². The van der Waals surface area contributed by atoms with Crippen LogP contribution >= 0.6 is 0 Å². The van der Waals surface area contributed by atoms with E-state index in [-0.39, 0.29) is 23.7 Å².